The van der Waals surface area contributed by atoms with Crippen LogP contribution in [0.3, 0.4) is 0 Å². The van der Waals surface area contributed by atoms with Gasteiger partial charge in [0.2, 0.25) is 5.91 Å². The van der Waals surface area contributed by atoms with Gasteiger partial charge in [-0.25, -0.2) is 0 Å². The van der Waals surface area contributed by atoms with E-state index in [-0.39, 0.29) is 18.4 Å². The molecular weight excluding hydrogens is 344 g/mol. The third-order valence-electron chi connectivity index (χ3n) is 4.64. The molecule has 0 aromatic heterocycles. The second-order valence-corrected chi connectivity index (χ2v) is 7.46. The molecule has 0 saturated carbocycles. The smallest absolute Gasteiger partial charge is 0.311 e. The summed E-state index contributed by atoms with van der Waals surface area (Å²) in [6.45, 7) is 5.82. The van der Waals surface area contributed by atoms with Gasteiger partial charge in [-0.3, -0.25) is 14.4 Å². The Morgan fingerprint density at radius 3 is 2.44 bits per heavy atom. The zero-order valence-electron chi connectivity index (χ0n) is 14.6. The summed E-state index contributed by atoms with van der Waals surface area (Å²) < 4.78 is 0. The van der Waals surface area contributed by atoms with Crippen molar-refractivity contribution in [1.82, 2.24) is 10.2 Å². The maximum Gasteiger partial charge on any atom is 0.311 e. The maximum absolute atomic E-state index is 12.8. The van der Waals surface area contributed by atoms with Crippen LogP contribution >= 0.6 is 11.6 Å². The largest absolute Gasteiger partial charge is 0.481 e. The number of carbonyl (C=O) groups is 3. The minimum atomic E-state index is -0.941. The SMILES string of the molecule is CC(C)C(NC(=O)c1ccccc1Cl)C(=O)N1CCC(C)(C(=O)O)C1. The Bertz CT molecular complexity index is 691. The van der Waals surface area contributed by atoms with Crippen LogP contribution in [0.4, 0.5) is 0 Å². The highest BCUT2D eigenvalue weighted by molar-refractivity contribution is 6.33. The summed E-state index contributed by atoms with van der Waals surface area (Å²) in [7, 11) is 0. The lowest BCUT2D eigenvalue weighted by molar-refractivity contribution is -0.147. The number of hydrogen-bond acceptors (Lipinski definition) is 3. The number of amides is 2. The van der Waals surface area contributed by atoms with Gasteiger partial charge < -0.3 is 15.3 Å². The van der Waals surface area contributed by atoms with Crippen LogP contribution in [0, 0.1) is 11.3 Å². The second kappa shape index (κ2) is 7.44. The molecule has 0 radical (unpaired) electrons. The van der Waals surface area contributed by atoms with Gasteiger partial charge in [0.15, 0.2) is 0 Å². The number of aliphatic carboxylic acids is 1. The number of benzene rings is 1. The number of rotatable bonds is 5. The average Bonchev–Trinajstić information content (AvgIpc) is 2.96. The fourth-order valence-corrected chi connectivity index (χ4v) is 3.12. The van der Waals surface area contributed by atoms with Crippen molar-refractivity contribution in [1.29, 1.82) is 0 Å². The number of carboxylic acid groups (broad SMARTS) is 1. The molecule has 1 aromatic carbocycles. The van der Waals surface area contributed by atoms with E-state index in [1.807, 2.05) is 13.8 Å². The van der Waals surface area contributed by atoms with E-state index in [4.69, 9.17) is 11.6 Å². The Hall–Kier alpha value is -2.08. The van der Waals surface area contributed by atoms with Gasteiger partial charge in [0.25, 0.3) is 5.91 Å². The summed E-state index contributed by atoms with van der Waals surface area (Å²) in [5, 5.41) is 12.4. The van der Waals surface area contributed by atoms with Crippen molar-refractivity contribution in [2.45, 2.75) is 33.2 Å². The first-order chi connectivity index (χ1) is 11.7. The number of likely N-dealkylation sites (tertiary alicyclic amines) is 1. The molecule has 7 heteroatoms. The molecule has 0 aliphatic carbocycles. The second-order valence-electron chi connectivity index (χ2n) is 7.05. The molecule has 1 saturated heterocycles. The molecule has 0 spiro atoms. The number of hydrogen-bond donors (Lipinski definition) is 2. The van der Waals surface area contributed by atoms with Crippen LogP contribution in [-0.2, 0) is 9.59 Å². The fourth-order valence-electron chi connectivity index (χ4n) is 2.90. The van der Waals surface area contributed by atoms with Crippen LogP contribution in [0.25, 0.3) is 0 Å². The molecule has 1 aliphatic rings. The molecule has 1 fully saturated rings. The van der Waals surface area contributed by atoms with Crippen molar-refractivity contribution >= 4 is 29.4 Å². The molecule has 25 heavy (non-hydrogen) atoms. The highest BCUT2D eigenvalue weighted by Crippen LogP contribution is 2.31. The molecule has 1 aliphatic heterocycles. The first kappa shape index (κ1) is 19.2. The normalized spacial score (nSPS) is 21.2. The third kappa shape index (κ3) is 4.12. The molecule has 136 valence electrons. The maximum atomic E-state index is 12.8. The fraction of sp³-hybridized carbons (Fsp3) is 0.500. The van der Waals surface area contributed by atoms with Gasteiger partial charge in [0.05, 0.1) is 16.0 Å². The zero-order chi connectivity index (χ0) is 18.8. The Morgan fingerprint density at radius 1 is 1.28 bits per heavy atom. The first-order valence-corrected chi connectivity index (χ1v) is 8.61. The third-order valence-corrected chi connectivity index (χ3v) is 4.97. The summed E-state index contributed by atoms with van der Waals surface area (Å²) in [6.07, 6.45) is 0.400. The Balaban J connectivity index is 2.13. The van der Waals surface area contributed by atoms with Gasteiger partial charge in [-0.05, 0) is 31.4 Å². The van der Waals surface area contributed by atoms with E-state index in [9.17, 15) is 19.5 Å². The number of carboxylic acids is 1. The van der Waals surface area contributed by atoms with Crippen molar-refractivity contribution in [2.75, 3.05) is 13.1 Å². The summed E-state index contributed by atoms with van der Waals surface area (Å²) in [5.41, 5.74) is -0.636. The Kier molecular flexibility index (Phi) is 5.72. The molecule has 0 bridgehead atoms. The van der Waals surface area contributed by atoms with E-state index in [2.05, 4.69) is 5.32 Å². The monoisotopic (exact) mass is 366 g/mol. The van der Waals surface area contributed by atoms with Gasteiger partial charge >= 0.3 is 5.97 Å². The lowest BCUT2D eigenvalue weighted by atomic mass is 9.90. The molecule has 1 aromatic rings. The summed E-state index contributed by atoms with van der Waals surface area (Å²) in [4.78, 5) is 38.2. The van der Waals surface area contributed by atoms with Crippen LogP contribution in [0.1, 0.15) is 37.6 Å². The minimum Gasteiger partial charge on any atom is -0.481 e. The summed E-state index contributed by atoms with van der Waals surface area (Å²) in [6, 6.07) is 5.89. The molecule has 1 heterocycles. The molecule has 2 amide bonds. The molecule has 2 atom stereocenters. The van der Waals surface area contributed by atoms with Gasteiger partial charge in [-0.1, -0.05) is 37.6 Å². The van der Waals surface area contributed by atoms with Gasteiger partial charge in [-0.15, -0.1) is 0 Å². The predicted molar refractivity (Wildman–Crippen MR) is 94.5 cm³/mol. The first-order valence-electron chi connectivity index (χ1n) is 8.23. The highest BCUT2D eigenvalue weighted by Gasteiger charge is 2.44. The highest BCUT2D eigenvalue weighted by atomic mass is 35.5. The Labute approximate surface area is 152 Å². The predicted octanol–water partition coefficient (Wildman–Crippen LogP) is 2.42. The van der Waals surface area contributed by atoms with Gasteiger partial charge in [0, 0.05) is 13.1 Å². The van der Waals surface area contributed by atoms with E-state index in [1.54, 1.807) is 31.2 Å². The molecule has 6 nitrogen and oxygen atoms in total. The summed E-state index contributed by atoms with van der Waals surface area (Å²) >= 11 is 6.04. The van der Waals surface area contributed by atoms with Gasteiger partial charge in [0.1, 0.15) is 6.04 Å². The number of nitrogens with zero attached hydrogens (tertiary/aromatic N) is 1. The minimum absolute atomic E-state index is 0.143. The van der Waals surface area contributed by atoms with Crippen molar-refractivity contribution in [3.05, 3.63) is 34.9 Å². The van der Waals surface area contributed by atoms with Crippen molar-refractivity contribution < 1.29 is 19.5 Å². The van der Waals surface area contributed by atoms with E-state index < -0.39 is 23.3 Å². The molecular formula is C18H23ClN2O4. The van der Waals surface area contributed by atoms with Crippen LogP contribution < -0.4 is 5.32 Å². The number of carbonyl (C=O) groups excluding carboxylic acids is 2. The lowest BCUT2D eigenvalue weighted by Crippen LogP contribution is -2.51. The number of halogens is 1. The molecule has 2 rings (SSSR count). The van der Waals surface area contributed by atoms with E-state index in [0.717, 1.165) is 0 Å². The van der Waals surface area contributed by atoms with E-state index in [1.165, 1.54) is 4.90 Å². The quantitative estimate of drug-likeness (QED) is 0.837. The van der Waals surface area contributed by atoms with Crippen LogP contribution in [0.2, 0.25) is 5.02 Å². The van der Waals surface area contributed by atoms with Crippen molar-refractivity contribution in [3.8, 4) is 0 Å². The lowest BCUT2D eigenvalue weighted by Gasteiger charge is -2.28. The van der Waals surface area contributed by atoms with Crippen LogP contribution in [-0.4, -0.2) is 46.9 Å². The van der Waals surface area contributed by atoms with Crippen molar-refractivity contribution in [2.24, 2.45) is 11.3 Å². The van der Waals surface area contributed by atoms with Gasteiger partial charge in [-0.2, -0.15) is 0 Å². The van der Waals surface area contributed by atoms with Crippen LogP contribution in [0.5, 0.6) is 0 Å². The summed E-state index contributed by atoms with van der Waals surface area (Å²) in [5.74, 6) is -1.74. The molecule has 2 unspecified atom stereocenters. The van der Waals surface area contributed by atoms with Crippen LogP contribution in [0.15, 0.2) is 24.3 Å². The zero-order valence-corrected chi connectivity index (χ0v) is 15.3. The topological polar surface area (TPSA) is 86.7 Å². The molecule has 2 N–H and O–H groups in total. The van der Waals surface area contributed by atoms with Crippen molar-refractivity contribution in [3.63, 3.8) is 0 Å². The average molecular weight is 367 g/mol. The van der Waals surface area contributed by atoms with E-state index in [0.29, 0.717) is 23.6 Å². The number of nitrogens with one attached hydrogen (secondary N) is 1. The Morgan fingerprint density at radius 2 is 1.92 bits per heavy atom. The van der Waals surface area contributed by atoms with E-state index >= 15 is 0 Å². The standard InChI is InChI=1S/C18H23ClN2O4/c1-11(2)14(20-15(22)12-6-4-5-7-13(12)19)16(23)21-9-8-18(3,10-21)17(24)25/h4-7,11,14H,8-10H2,1-3H3,(H,20,22)(H,24,25).